The zero-order valence-electron chi connectivity index (χ0n) is 9.36. The summed E-state index contributed by atoms with van der Waals surface area (Å²) >= 11 is 0. The third kappa shape index (κ3) is 7.73. The minimum atomic E-state index is -0.700. The fourth-order valence-corrected chi connectivity index (χ4v) is 0.861. The molecule has 0 bridgehead atoms. The Labute approximate surface area is 94.4 Å². The highest BCUT2D eigenvalue weighted by molar-refractivity contribution is 5.87. The first-order valence-electron chi connectivity index (χ1n) is 5.10. The molecular weight excluding hydrogens is 212 g/mol. The average Bonchev–Trinajstić information content (AvgIpc) is 2.23. The number of ether oxygens (including phenoxy) is 2. The molecule has 0 aliphatic rings. The second-order valence-corrected chi connectivity index (χ2v) is 3.07. The highest BCUT2D eigenvalue weighted by Gasteiger charge is 2.12. The molecule has 0 amide bonds. The number of rotatable bonds is 7. The summed E-state index contributed by atoms with van der Waals surface area (Å²) in [5.74, 6) is -1.78. The van der Waals surface area contributed by atoms with Crippen molar-refractivity contribution in [2.24, 2.45) is 0 Å². The lowest BCUT2D eigenvalue weighted by atomic mass is 10.3. The molecule has 0 saturated heterocycles. The van der Waals surface area contributed by atoms with Gasteiger partial charge in [0.2, 0.25) is 0 Å². The van der Waals surface area contributed by atoms with Gasteiger partial charge in [-0.2, -0.15) is 0 Å². The van der Waals surface area contributed by atoms with Crippen molar-refractivity contribution in [2.75, 3.05) is 6.61 Å². The summed E-state index contributed by atoms with van der Waals surface area (Å²) in [6.07, 6.45) is 2.01. The molecule has 0 aromatic carbocycles. The van der Waals surface area contributed by atoms with Crippen molar-refractivity contribution in [3.05, 3.63) is 12.7 Å². The zero-order chi connectivity index (χ0) is 12.4. The molecule has 16 heavy (non-hydrogen) atoms. The lowest BCUT2D eigenvalue weighted by Gasteiger charge is -2.02. The SMILES string of the molecule is C=CCOC(=O)CCC(=O)OC(=O)CCC. The third-order valence-electron chi connectivity index (χ3n) is 1.58. The zero-order valence-corrected chi connectivity index (χ0v) is 9.36. The van der Waals surface area contributed by atoms with E-state index in [0.29, 0.717) is 6.42 Å². The van der Waals surface area contributed by atoms with Crippen molar-refractivity contribution >= 4 is 17.9 Å². The summed E-state index contributed by atoms with van der Waals surface area (Å²) < 4.78 is 9.08. The fraction of sp³-hybridized carbons (Fsp3) is 0.545. The molecule has 0 aromatic heterocycles. The normalized spacial score (nSPS) is 9.31. The van der Waals surface area contributed by atoms with Crippen molar-refractivity contribution in [1.82, 2.24) is 0 Å². The van der Waals surface area contributed by atoms with Crippen LogP contribution in [0, 0.1) is 0 Å². The maximum absolute atomic E-state index is 11.0. The monoisotopic (exact) mass is 228 g/mol. The molecule has 0 atom stereocenters. The number of esters is 3. The Kier molecular flexibility index (Phi) is 7.75. The molecule has 0 aliphatic carbocycles. The highest BCUT2D eigenvalue weighted by Crippen LogP contribution is 1.99. The number of carbonyl (C=O) groups excluding carboxylic acids is 3. The van der Waals surface area contributed by atoms with Gasteiger partial charge in [-0.3, -0.25) is 14.4 Å². The van der Waals surface area contributed by atoms with Crippen LogP contribution in [0.2, 0.25) is 0 Å². The van der Waals surface area contributed by atoms with E-state index in [2.05, 4.69) is 16.1 Å². The van der Waals surface area contributed by atoms with Crippen LogP contribution in [0.15, 0.2) is 12.7 Å². The minimum absolute atomic E-state index is 0.0912. The smallest absolute Gasteiger partial charge is 0.314 e. The predicted molar refractivity (Wildman–Crippen MR) is 56.4 cm³/mol. The average molecular weight is 228 g/mol. The second-order valence-electron chi connectivity index (χ2n) is 3.07. The van der Waals surface area contributed by atoms with E-state index in [4.69, 9.17) is 0 Å². The van der Waals surface area contributed by atoms with Gasteiger partial charge in [0.05, 0.1) is 12.8 Å². The quantitative estimate of drug-likeness (QED) is 0.374. The molecule has 5 heteroatoms. The summed E-state index contributed by atoms with van der Waals surface area (Å²) in [4.78, 5) is 32.9. The topological polar surface area (TPSA) is 69.7 Å². The van der Waals surface area contributed by atoms with E-state index in [1.54, 1.807) is 6.92 Å². The maximum atomic E-state index is 11.0. The van der Waals surface area contributed by atoms with Gasteiger partial charge in [-0.1, -0.05) is 19.6 Å². The van der Waals surface area contributed by atoms with Crippen LogP contribution < -0.4 is 0 Å². The second kappa shape index (κ2) is 8.64. The Balaban J connectivity index is 3.68. The molecule has 0 aliphatic heterocycles. The summed E-state index contributed by atoms with van der Waals surface area (Å²) in [5.41, 5.74) is 0. The summed E-state index contributed by atoms with van der Waals surface area (Å²) in [6.45, 7) is 5.29. The molecule has 0 heterocycles. The van der Waals surface area contributed by atoms with Gasteiger partial charge in [0, 0.05) is 6.42 Å². The van der Waals surface area contributed by atoms with Crippen molar-refractivity contribution in [3.8, 4) is 0 Å². The van der Waals surface area contributed by atoms with Gasteiger partial charge in [-0.15, -0.1) is 0 Å². The molecule has 0 rings (SSSR count). The van der Waals surface area contributed by atoms with Gasteiger partial charge in [-0.25, -0.2) is 0 Å². The van der Waals surface area contributed by atoms with Crippen molar-refractivity contribution in [2.45, 2.75) is 32.6 Å². The summed E-state index contributed by atoms with van der Waals surface area (Å²) in [5, 5.41) is 0. The van der Waals surface area contributed by atoms with Gasteiger partial charge in [0.1, 0.15) is 6.61 Å². The Hall–Kier alpha value is -1.65. The highest BCUT2D eigenvalue weighted by atomic mass is 16.6. The van der Waals surface area contributed by atoms with Gasteiger partial charge in [0.15, 0.2) is 0 Å². The Morgan fingerprint density at radius 1 is 1.06 bits per heavy atom. The molecule has 0 spiro atoms. The molecule has 0 aromatic rings. The van der Waals surface area contributed by atoms with E-state index in [0.717, 1.165) is 0 Å². The van der Waals surface area contributed by atoms with Gasteiger partial charge in [0.25, 0.3) is 0 Å². The van der Waals surface area contributed by atoms with Crippen LogP contribution in [0.1, 0.15) is 32.6 Å². The van der Waals surface area contributed by atoms with Gasteiger partial charge in [-0.05, 0) is 6.42 Å². The van der Waals surface area contributed by atoms with Crippen LogP contribution in [0.3, 0.4) is 0 Å². The molecule has 0 unspecified atom stereocenters. The standard InChI is InChI=1S/C11H16O5/c1-3-5-10(13)16-11(14)7-6-9(12)15-8-4-2/h4H,2-3,5-8H2,1H3. The molecule has 0 radical (unpaired) electrons. The number of hydrogen-bond donors (Lipinski definition) is 0. The number of carbonyl (C=O) groups is 3. The molecule has 5 nitrogen and oxygen atoms in total. The van der Waals surface area contributed by atoms with E-state index < -0.39 is 17.9 Å². The molecule has 0 N–H and O–H groups in total. The largest absolute Gasteiger partial charge is 0.461 e. The Morgan fingerprint density at radius 2 is 1.62 bits per heavy atom. The molecule has 0 fully saturated rings. The van der Waals surface area contributed by atoms with Crippen molar-refractivity contribution < 1.29 is 23.9 Å². The van der Waals surface area contributed by atoms with Crippen LogP contribution in [0.4, 0.5) is 0 Å². The summed E-state index contributed by atoms with van der Waals surface area (Å²) in [7, 11) is 0. The predicted octanol–water partition coefficient (Wildman–Crippen LogP) is 1.37. The van der Waals surface area contributed by atoms with Crippen LogP contribution >= 0.6 is 0 Å². The lowest BCUT2D eigenvalue weighted by molar-refractivity contribution is -0.161. The van der Waals surface area contributed by atoms with E-state index in [9.17, 15) is 14.4 Å². The molecule has 90 valence electrons. The van der Waals surface area contributed by atoms with Crippen LogP contribution in [-0.4, -0.2) is 24.5 Å². The minimum Gasteiger partial charge on any atom is -0.461 e. The fourth-order valence-electron chi connectivity index (χ4n) is 0.861. The molecule has 0 saturated carbocycles. The van der Waals surface area contributed by atoms with Crippen molar-refractivity contribution in [1.29, 1.82) is 0 Å². The number of hydrogen-bond acceptors (Lipinski definition) is 5. The van der Waals surface area contributed by atoms with E-state index in [1.165, 1.54) is 6.08 Å². The first kappa shape index (κ1) is 14.3. The Morgan fingerprint density at radius 3 is 2.19 bits per heavy atom. The maximum Gasteiger partial charge on any atom is 0.314 e. The third-order valence-corrected chi connectivity index (χ3v) is 1.58. The van der Waals surface area contributed by atoms with Gasteiger partial charge < -0.3 is 9.47 Å². The van der Waals surface area contributed by atoms with Crippen LogP contribution in [0.5, 0.6) is 0 Å². The first-order chi connectivity index (χ1) is 7.60. The Bertz CT molecular complexity index is 270. The van der Waals surface area contributed by atoms with E-state index in [-0.39, 0.29) is 25.9 Å². The molecular formula is C11H16O5. The van der Waals surface area contributed by atoms with E-state index in [1.807, 2.05) is 0 Å². The van der Waals surface area contributed by atoms with Crippen molar-refractivity contribution in [3.63, 3.8) is 0 Å². The summed E-state index contributed by atoms with van der Waals surface area (Å²) in [6, 6.07) is 0. The lowest BCUT2D eigenvalue weighted by Crippen LogP contribution is -2.14. The first-order valence-corrected chi connectivity index (χ1v) is 5.10. The van der Waals surface area contributed by atoms with Crippen LogP contribution in [0.25, 0.3) is 0 Å². The van der Waals surface area contributed by atoms with E-state index >= 15 is 0 Å². The van der Waals surface area contributed by atoms with Crippen LogP contribution in [-0.2, 0) is 23.9 Å². The van der Waals surface area contributed by atoms with Gasteiger partial charge >= 0.3 is 17.9 Å².